The topological polar surface area (TPSA) is 58.6 Å². The molecule has 0 bridgehead atoms. The van der Waals surface area contributed by atoms with Crippen molar-refractivity contribution in [2.75, 3.05) is 19.5 Å². The number of carbonyl (C=O) groups excluding carboxylic acids is 2. The second-order valence-electron chi connectivity index (χ2n) is 7.32. The van der Waals surface area contributed by atoms with Gasteiger partial charge < -0.3 is 15.0 Å². The number of methoxy groups -OCH3 is 1. The lowest BCUT2D eigenvalue weighted by molar-refractivity contribution is -0.111. The molecule has 1 aliphatic rings. The second-order valence-corrected chi connectivity index (χ2v) is 7.32. The first kappa shape index (κ1) is 20.6. The van der Waals surface area contributed by atoms with E-state index in [2.05, 4.69) is 5.32 Å². The Bertz CT molecular complexity index is 885. The van der Waals surface area contributed by atoms with Gasteiger partial charge in [-0.3, -0.25) is 9.59 Å². The Balaban J connectivity index is 1.72. The fraction of sp³-hybridized carbons (Fsp3) is 0.333. The minimum atomic E-state index is -0.295. The first-order valence-corrected chi connectivity index (χ1v) is 10.1. The van der Waals surface area contributed by atoms with E-state index in [1.807, 2.05) is 48.3 Å². The number of ether oxygens (including phenoxy) is 1. The molecule has 5 nitrogen and oxygen atoms in total. The number of nitrogens with zero attached hydrogens (tertiary/aromatic N) is 1. The Hall–Kier alpha value is -3.08. The van der Waals surface area contributed by atoms with E-state index < -0.39 is 0 Å². The average molecular weight is 392 g/mol. The van der Waals surface area contributed by atoms with E-state index in [-0.39, 0.29) is 17.9 Å². The van der Waals surface area contributed by atoms with Crippen LogP contribution in [-0.2, 0) is 4.79 Å². The van der Waals surface area contributed by atoms with Crippen molar-refractivity contribution in [1.82, 2.24) is 4.90 Å². The van der Waals surface area contributed by atoms with E-state index in [1.54, 1.807) is 25.3 Å². The van der Waals surface area contributed by atoms with Crippen LogP contribution in [0.2, 0.25) is 0 Å². The van der Waals surface area contributed by atoms with Gasteiger partial charge in [-0.15, -0.1) is 0 Å². The summed E-state index contributed by atoms with van der Waals surface area (Å²) in [4.78, 5) is 27.3. The molecular formula is C24H28N2O3. The van der Waals surface area contributed by atoms with Crippen LogP contribution in [0.5, 0.6) is 5.75 Å². The maximum Gasteiger partial charge on any atom is 0.255 e. The summed E-state index contributed by atoms with van der Waals surface area (Å²) in [5.74, 6) is 0.346. The molecule has 2 aromatic rings. The van der Waals surface area contributed by atoms with E-state index in [4.69, 9.17) is 4.74 Å². The molecular weight excluding hydrogens is 364 g/mol. The summed E-state index contributed by atoms with van der Waals surface area (Å²) in [5.41, 5.74) is 1.85. The molecule has 1 aliphatic carbocycles. The molecule has 0 aliphatic heterocycles. The van der Waals surface area contributed by atoms with Crippen LogP contribution >= 0.6 is 0 Å². The first-order chi connectivity index (χ1) is 14.1. The molecule has 0 spiro atoms. The van der Waals surface area contributed by atoms with E-state index in [9.17, 15) is 9.59 Å². The molecule has 0 unspecified atom stereocenters. The summed E-state index contributed by atoms with van der Waals surface area (Å²) in [6, 6.07) is 14.9. The Kier molecular flexibility index (Phi) is 7.06. The third-order valence-corrected chi connectivity index (χ3v) is 5.41. The van der Waals surface area contributed by atoms with Crippen LogP contribution in [0.3, 0.4) is 0 Å². The Morgan fingerprint density at radius 3 is 2.48 bits per heavy atom. The first-order valence-electron chi connectivity index (χ1n) is 10.1. The summed E-state index contributed by atoms with van der Waals surface area (Å²) in [5, 5.41) is 2.84. The minimum absolute atomic E-state index is 0.0542. The number of benzene rings is 2. The van der Waals surface area contributed by atoms with Crippen molar-refractivity contribution in [3.05, 3.63) is 65.7 Å². The maximum absolute atomic E-state index is 13.0. The zero-order valence-electron chi connectivity index (χ0n) is 17.1. The number of anilines is 1. The molecule has 152 valence electrons. The maximum atomic E-state index is 13.0. The molecule has 29 heavy (non-hydrogen) atoms. The molecule has 0 heterocycles. The van der Waals surface area contributed by atoms with Crippen LogP contribution in [0.15, 0.2) is 54.6 Å². The monoisotopic (exact) mass is 392 g/mol. The third kappa shape index (κ3) is 5.25. The number of hydrogen-bond donors (Lipinski definition) is 1. The van der Waals surface area contributed by atoms with Gasteiger partial charge in [0.2, 0.25) is 5.91 Å². The lowest BCUT2D eigenvalue weighted by atomic mass is 9.94. The van der Waals surface area contributed by atoms with E-state index in [0.717, 1.165) is 31.2 Å². The highest BCUT2D eigenvalue weighted by molar-refractivity contribution is 6.07. The molecule has 1 N–H and O–H groups in total. The average Bonchev–Trinajstić information content (AvgIpc) is 2.78. The molecule has 0 saturated heterocycles. The van der Waals surface area contributed by atoms with Crippen LogP contribution < -0.4 is 10.1 Å². The molecule has 1 fully saturated rings. The molecule has 0 atom stereocenters. The zero-order valence-corrected chi connectivity index (χ0v) is 17.1. The smallest absolute Gasteiger partial charge is 0.255 e. The number of carbonyl (C=O) groups is 2. The third-order valence-electron chi connectivity index (χ3n) is 5.41. The number of hydrogen-bond acceptors (Lipinski definition) is 3. The molecule has 5 heteroatoms. The molecule has 3 rings (SSSR count). The number of para-hydroxylation sites is 2. The van der Waals surface area contributed by atoms with E-state index in [0.29, 0.717) is 17.0 Å². The molecule has 2 aromatic carbocycles. The Labute approximate surface area is 172 Å². The summed E-state index contributed by atoms with van der Waals surface area (Å²) in [6.07, 6.45) is 8.79. The fourth-order valence-corrected chi connectivity index (χ4v) is 3.75. The van der Waals surface area contributed by atoms with Gasteiger partial charge in [0.15, 0.2) is 0 Å². The number of nitrogens with one attached hydrogen (secondary N) is 1. The largest absolute Gasteiger partial charge is 0.496 e. The fourth-order valence-electron chi connectivity index (χ4n) is 3.75. The van der Waals surface area contributed by atoms with Gasteiger partial charge in [-0.1, -0.05) is 49.6 Å². The summed E-state index contributed by atoms with van der Waals surface area (Å²) >= 11 is 0. The summed E-state index contributed by atoms with van der Waals surface area (Å²) < 4.78 is 5.30. The summed E-state index contributed by atoms with van der Waals surface area (Å²) in [7, 11) is 3.45. The van der Waals surface area contributed by atoms with Crippen molar-refractivity contribution in [2.45, 2.75) is 38.1 Å². The van der Waals surface area contributed by atoms with Gasteiger partial charge in [-0.2, -0.15) is 0 Å². The SMILES string of the molecule is COc1ccccc1C=CC(=O)Nc1ccccc1C(=O)N(C)C1CCCCC1. The van der Waals surface area contributed by atoms with Crippen molar-refractivity contribution in [1.29, 1.82) is 0 Å². The lowest BCUT2D eigenvalue weighted by Crippen LogP contribution is -2.38. The van der Waals surface area contributed by atoms with Gasteiger partial charge in [0.05, 0.1) is 18.4 Å². The number of amides is 2. The normalized spacial score (nSPS) is 14.6. The van der Waals surface area contributed by atoms with Crippen molar-refractivity contribution in [3.8, 4) is 5.75 Å². The molecule has 1 saturated carbocycles. The van der Waals surface area contributed by atoms with Crippen molar-refractivity contribution < 1.29 is 14.3 Å². The van der Waals surface area contributed by atoms with Crippen molar-refractivity contribution >= 4 is 23.6 Å². The van der Waals surface area contributed by atoms with Crippen molar-refractivity contribution in [3.63, 3.8) is 0 Å². The van der Waals surface area contributed by atoms with Crippen LogP contribution in [-0.4, -0.2) is 36.9 Å². The highest BCUT2D eigenvalue weighted by Gasteiger charge is 2.24. The quantitative estimate of drug-likeness (QED) is 0.722. The Morgan fingerprint density at radius 1 is 1.03 bits per heavy atom. The predicted molar refractivity (Wildman–Crippen MR) is 116 cm³/mol. The van der Waals surface area contributed by atoms with Crippen LogP contribution in [0, 0.1) is 0 Å². The van der Waals surface area contributed by atoms with Gasteiger partial charge in [0, 0.05) is 24.7 Å². The second kappa shape index (κ2) is 9.92. The van der Waals surface area contributed by atoms with Gasteiger partial charge in [-0.25, -0.2) is 0 Å². The standard InChI is InChI=1S/C24H28N2O3/c1-26(19-11-4-3-5-12-19)24(28)20-13-7-8-14-21(20)25-23(27)17-16-18-10-6-9-15-22(18)29-2/h6-10,13-17,19H,3-5,11-12H2,1-2H3,(H,25,27). The predicted octanol–water partition coefficient (Wildman–Crippen LogP) is 4.75. The summed E-state index contributed by atoms with van der Waals surface area (Å²) in [6.45, 7) is 0. The lowest BCUT2D eigenvalue weighted by Gasteiger charge is -2.31. The van der Waals surface area contributed by atoms with E-state index in [1.165, 1.54) is 12.5 Å². The minimum Gasteiger partial charge on any atom is -0.496 e. The Morgan fingerprint density at radius 2 is 1.72 bits per heavy atom. The van der Waals surface area contributed by atoms with Crippen LogP contribution in [0.25, 0.3) is 6.08 Å². The van der Waals surface area contributed by atoms with Gasteiger partial charge in [0.1, 0.15) is 5.75 Å². The highest BCUT2D eigenvalue weighted by Crippen LogP contribution is 2.25. The van der Waals surface area contributed by atoms with Gasteiger partial charge in [-0.05, 0) is 37.1 Å². The van der Waals surface area contributed by atoms with Gasteiger partial charge in [0.25, 0.3) is 5.91 Å². The van der Waals surface area contributed by atoms with E-state index >= 15 is 0 Å². The molecule has 0 aromatic heterocycles. The molecule has 0 radical (unpaired) electrons. The van der Waals surface area contributed by atoms with Crippen LogP contribution in [0.4, 0.5) is 5.69 Å². The highest BCUT2D eigenvalue weighted by atomic mass is 16.5. The zero-order chi connectivity index (χ0) is 20.6. The number of rotatable bonds is 6. The van der Waals surface area contributed by atoms with Crippen LogP contribution in [0.1, 0.15) is 48.0 Å². The molecule has 2 amide bonds. The van der Waals surface area contributed by atoms with Gasteiger partial charge >= 0.3 is 0 Å². The van der Waals surface area contributed by atoms with Crippen molar-refractivity contribution in [2.24, 2.45) is 0 Å².